The Kier molecular flexibility index (Phi) is 43.1. The van der Waals surface area contributed by atoms with Crippen molar-refractivity contribution >= 4 is 11.9 Å². The van der Waals surface area contributed by atoms with Gasteiger partial charge in [-0.1, -0.05) is 174 Å². The van der Waals surface area contributed by atoms with Gasteiger partial charge in [0.15, 0.2) is 0 Å². The fourth-order valence-corrected chi connectivity index (χ4v) is 5.57. The van der Waals surface area contributed by atoms with Gasteiger partial charge in [-0.2, -0.15) is 0 Å². The van der Waals surface area contributed by atoms with E-state index >= 15 is 0 Å². The van der Waals surface area contributed by atoms with Crippen molar-refractivity contribution in [2.45, 2.75) is 200 Å². The zero-order chi connectivity index (χ0) is 27.9. The van der Waals surface area contributed by atoms with E-state index in [1.54, 1.807) is 0 Å². The second kappa shape index (κ2) is 38.0. The monoisotopic (exact) mass is 582 g/mol. The fourth-order valence-electron chi connectivity index (χ4n) is 5.57. The smallest absolute Gasteiger partial charge is 0.550 e. The number of hydrogen-bond acceptors (Lipinski definition) is 4. The molecule has 40 heavy (non-hydrogen) atoms. The van der Waals surface area contributed by atoms with Crippen LogP contribution < -0.4 is 69.3 Å². The van der Waals surface area contributed by atoms with Crippen LogP contribution in [0.5, 0.6) is 0 Å². The van der Waals surface area contributed by atoms with Gasteiger partial charge < -0.3 is 19.8 Å². The van der Waals surface area contributed by atoms with Crippen LogP contribution in [-0.4, -0.2) is 11.9 Å². The van der Waals surface area contributed by atoms with Crippen LogP contribution in [0.15, 0.2) is 0 Å². The van der Waals surface area contributed by atoms with Crippen LogP contribution in [-0.2, 0) is 9.59 Å². The summed E-state index contributed by atoms with van der Waals surface area (Å²) in [5, 5.41) is 21.9. The summed E-state index contributed by atoms with van der Waals surface area (Å²) in [4.78, 5) is 21.9. The zero-order valence-corrected chi connectivity index (χ0v) is 31.4. The first kappa shape index (κ1) is 45.4. The molecule has 0 fully saturated rings. The summed E-state index contributed by atoms with van der Waals surface area (Å²) in [6.07, 6.45) is 35.6. The predicted molar refractivity (Wildman–Crippen MR) is 158 cm³/mol. The van der Waals surface area contributed by atoms with Crippen molar-refractivity contribution in [2.24, 2.45) is 5.92 Å². The molecule has 1 atom stereocenters. The van der Waals surface area contributed by atoms with Gasteiger partial charge in [0.05, 0.1) is 0 Å². The first-order valence-electron chi connectivity index (χ1n) is 17.0. The van der Waals surface area contributed by atoms with Crippen LogP contribution in [0.2, 0.25) is 0 Å². The molecule has 0 saturated carbocycles. The van der Waals surface area contributed by atoms with Crippen molar-refractivity contribution in [1.29, 1.82) is 0 Å². The van der Waals surface area contributed by atoms with Crippen molar-refractivity contribution in [3.63, 3.8) is 0 Å². The molecule has 6 heteroatoms. The third-order valence-electron chi connectivity index (χ3n) is 8.17. The summed E-state index contributed by atoms with van der Waals surface area (Å²) in [6, 6.07) is 0. The summed E-state index contributed by atoms with van der Waals surface area (Å²) >= 11 is 0. The number of hydrogen-bond donors (Lipinski definition) is 0. The van der Waals surface area contributed by atoms with Crippen LogP contribution in [0.3, 0.4) is 0 Å². The maximum Gasteiger partial charge on any atom is 1.00 e. The van der Waals surface area contributed by atoms with Gasteiger partial charge >= 0.3 is 59.1 Å². The first-order valence-corrected chi connectivity index (χ1v) is 17.0. The zero-order valence-electron chi connectivity index (χ0n) is 27.4. The van der Waals surface area contributed by atoms with Crippen molar-refractivity contribution in [3.8, 4) is 0 Å². The fraction of sp³-hybridized carbons (Fsp3) is 0.941. The normalized spacial score (nSPS) is 11.5. The second-order valence-corrected chi connectivity index (χ2v) is 11.9. The number of unbranched alkanes of at least 4 members (excludes halogenated alkanes) is 25. The van der Waals surface area contributed by atoms with Gasteiger partial charge in [0.1, 0.15) is 0 Å². The van der Waals surface area contributed by atoms with Crippen molar-refractivity contribution in [2.75, 3.05) is 0 Å². The molecule has 0 bridgehead atoms. The SMILES string of the molecule is CCCCCCCCCCCCCCCCC(CCCCCCCCCCCCCCCC(=O)[O-])C(=O)[O-].[Na+].[Na+]. The molecule has 0 aromatic rings. The first-order chi connectivity index (χ1) is 18.6. The van der Waals surface area contributed by atoms with E-state index < -0.39 is 11.9 Å². The van der Waals surface area contributed by atoms with Gasteiger partial charge in [-0.05, 0) is 31.6 Å². The molecule has 0 heterocycles. The third-order valence-corrected chi connectivity index (χ3v) is 8.17. The molecule has 0 rings (SSSR count). The quantitative estimate of drug-likeness (QED) is 0.0903. The Balaban J connectivity index is -0.00000684. The molecule has 0 aliphatic heterocycles. The average Bonchev–Trinajstić information content (AvgIpc) is 2.89. The second-order valence-electron chi connectivity index (χ2n) is 11.9. The van der Waals surface area contributed by atoms with E-state index in [0.29, 0.717) is 0 Å². The van der Waals surface area contributed by atoms with Gasteiger partial charge in [0, 0.05) is 11.9 Å². The maximum absolute atomic E-state index is 11.5. The topological polar surface area (TPSA) is 80.3 Å². The summed E-state index contributed by atoms with van der Waals surface area (Å²) in [7, 11) is 0. The third kappa shape index (κ3) is 37.0. The van der Waals surface area contributed by atoms with Gasteiger partial charge in [0.25, 0.3) is 0 Å². The molecular weight excluding hydrogens is 518 g/mol. The van der Waals surface area contributed by atoms with E-state index in [2.05, 4.69) is 6.92 Å². The Morgan fingerprint density at radius 3 is 0.925 bits per heavy atom. The molecule has 0 saturated heterocycles. The van der Waals surface area contributed by atoms with Gasteiger partial charge in [-0.25, -0.2) is 0 Å². The van der Waals surface area contributed by atoms with Gasteiger partial charge in [0.2, 0.25) is 0 Å². The minimum atomic E-state index is -0.927. The molecule has 0 N–H and O–H groups in total. The van der Waals surface area contributed by atoms with E-state index in [9.17, 15) is 19.8 Å². The predicted octanol–water partition coefficient (Wildman–Crippen LogP) is 2.83. The van der Waals surface area contributed by atoms with Gasteiger partial charge in [-0.3, -0.25) is 0 Å². The van der Waals surface area contributed by atoms with Crippen LogP contribution >= 0.6 is 0 Å². The molecule has 0 spiro atoms. The van der Waals surface area contributed by atoms with Gasteiger partial charge in [-0.15, -0.1) is 0 Å². The van der Waals surface area contributed by atoms with Crippen LogP contribution in [0.25, 0.3) is 0 Å². The Morgan fingerprint density at radius 2 is 0.675 bits per heavy atom. The molecular formula is C34H64Na2O4. The summed E-state index contributed by atoms with van der Waals surface area (Å²) in [6.45, 7) is 2.27. The van der Waals surface area contributed by atoms with E-state index in [1.165, 1.54) is 135 Å². The standard InChI is InChI=1S/C34H66O4.2Na/c1-2-3-4-5-6-7-8-9-11-14-17-20-23-26-29-32(34(37)38)30-27-24-21-18-15-12-10-13-16-19-22-25-28-31-33(35)36;;/h32H,2-31H2,1H3,(H,35,36)(H,37,38);;/q;2*+1/p-2. The van der Waals surface area contributed by atoms with Crippen molar-refractivity contribution in [3.05, 3.63) is 0 Å². The molecule has 226 valence electrons. The number of rotatable bonds is 32. The molecule has 0 aromatic carbocycles. The number of aliphatic carboxylic acids is 2. The number of carboxylic acids is 2. The Hall–Kier alpha value is 0.940. The molecule has 0 amide bonds. The molecule has 1 unspecified atom stereocenters. The van der Waals surface area contributed by atoms with E-state index in [4.69, 9.17) is 0 Å². The average molecular weight is 583 g/mol. The molecule has 0 aromatic heterocycles. The molecule has 0 aliphatic rings. The largest absolute Gasteiger partial charge is 1.00 e. The van der Waals surface area contributed by atoms with Crippen LogP contribution in [0.1, 0.15) is 200 Å². The summed E-state index contributed by atoms with van der Waals surface area (Å²) in [5.41, 5.74) is 0. The van der Waals surface area contributed by atoms with Crippen molar-refractivity contribution < 1.29 is 78.9 Å². The maximum atomic E-state index is 11.5. The van der Waals surface area contributed by atoms with E-state index in [-0.39, 0.29) is 71.5 Å². The molecule has 0 radical (unpaired) electrons. The number of carboxylic acid groups (broad SMARTS) is 2. The van der Waals surface area contributed by atoms with Crippen LogP contribution in [0.4, 0.5) is 0 Å². The molecule has 0 aliphatic carbocycles. The minimum absolute atomic E-state index is 0. The Labute approximate surface area is 294 Å². The number of carbonyl (C=O) groups excluding carboxylic acids is 2. The number of carbonyl (C=O) groups is 2. The minimum Gasteiger partial charge on any atom is -0.550 e. The van der Waals surface area contributed by atoms with E-state index in [1.807, 2.05) is 0 Å². The summed E-state index contributed by atoms with van der Waals surface area (Å²) in [5.74, 6) is -2.00. The molecule has 4 nitrogen and oxygen atoms in total. The van der Waals surface area contributed by atoms with Crippen LogP contribution in [0, 0.1) is 5.92 Å². The summed E-state index contributed by atoms with van der Waals surface area (Å²) < 4.78 is 0. The van der Waals surface area contributed by atoms with E-state index in [0.717, 1.165) is 51.4 Å². The Morgan fingerprint density at radius 1 is 0.425 bits per heavy atom. The Bertz CT molecular complexity index is 516. The van der Waals surface area contributed by atoms with Crippen molar-refractivity contribution in [1.82, 2.24) is 0 Å².